The monoisotopic (exact) mass is 232 g/mol. The molecule has 0 aromatic heterocycles. The fraction of sp³-hybridized carbons (Fsp3) is 0.400. The Hall–Kier alpha value is -1.10. The minimum atomic E-state index is -3.01. The molecule has 0 N–H and O–H groups in total. The van der Waals surface area contributed by atoms with E-state index in [1.807, 2.05) is 0 Å². The average molecular weight is 232 g/mol. The summed E-state index contributed by atoms with van der Waals surface area (Å²) in [4.78, 5) is 0. The van der Waals surface area contributed by atoms with Gasteiger partial charge in [0, 0.05) is 6.26 Å². The van der Waals surface area contributed by atoms with Crippen LogP contribution in [0.15, 0.2) is 18.2 Å². The van der Waals surface area contributed by atoms with E-state index in [-0.39, 0.29) is 18.2 Å². The molecule has 5 heteroatoms. The molecule has 1 aromatic carbocycles. The summed E-state index contributed by atoms with van der Waals surface area (Å²) in [5.41, 5.74) is 0.479. The van der Waals surface area contributed by atoms with Crippen LogP contribution in [0.5, 0.6) is 5.75 Å². The Morgan fingerprint density at radius 2 is 2.07 bits per heavy atom. The number of halogens is 1. The molecule has 0 aliphatic carbocycles. The van der Waals surface area contributed by atoms with Gasteiger partial charge in [0.25, 0.3) is 0 Å². The number of hydrogen-bond acceptors (Lipinski definition) is 3. The largest absolute Gasteiger partial charge is 0.493 e. The highest BCUT2D eigenvalue weighted by atomic mass is 32.2. The smallest absolute Gasteiger partial charge is 0.150 e. The zero-order valence-corrected chi connectivity index (χ0v) is 9.47. The minimum Gasteiger partial charge on any atom is -0.493 e. The van der Waals surface area contributed by atoms with Crippen molar-refractivity contribution in [1.29, 1.82) is 0 Å². The van der Waals surface area contributed by atoms with Gasteiger partial charge in [-0.05, 0) is 30.7 Å². The molecule has 0 fully saturated rings. The zero-order valence-electron chi connectivity index (χ0n) is 8.66. The van der Waals surface area contributed by atoms with Gasteiger partial charge in [-0.3, -0.25) is 0 Å². The van der Waals surface area contributed by atoms with Crippen molar-refractivity contribution in [3.8, 4) is 5.75 Å². The van der Waals surface area contributed by atoms with E-state index in [4.69, 9.17) is 4.74 Å². The molecule has 1 rings (SSSR count). The topological polar surface area (TPSA) is 43.4 Å². The van der Waals surface area contributed by atoms with E-state index in [0.29, 0.717) is 11.3 Å². The van der Waals surface area contributed by atoms with E-state index in [0.717, 1.165) is 6.26 Å². The Balaban J connectivity index is 2.55. The second-order valence-corrected chi connectivity index (χ2v) is 5.65. The van der Waals surface area contributed by atoms with Crippen LogP contribution in [0.4, 0.5) is 4.39 Å². The molecule has 0 radical (unpaired) electrons. The lowest BCUT2D eigenvalue weighted by molar-refractivity contribution is 0.340. The summed E-state index contributed by atoms with van der Waals surface area (Å²) in [6.45, 7) is 1.71. The highest BCUT2D eigenvalue weighted by Crippen LogP contribution is 2.15. The summed E-state index contributed by atoms with van der Waals surface area (Å²) in [5.74, 6) is 0.145. The van der Waals surface area contributed by atoms with Crippen LogP contribution in [-0.2, 0) is 9.84 Å². The van der Waals surface area contributed by atoms with E-state index in [1.165, 1.54) is 18.2 Å². The fourth-order valence-corrected chi connectivity index (χ4v) is 1.40. The van der Waals surface area contributed by atoms with Crippen molar-refractivity contribution in [3.63, 3.8) is 0 Å². The molecule has 0 saturated carbocycles. The van der Waals surface area contributed by atoms with Crippen molar-refractivity contribution in [2.45, 2.75) is 6.92 Å². The van der Waals surface area contributed by atoms with Gasteiger partial charge in [0.05, 0.1) is 5.75 Å². The molecule has 0 aliphatic heterocycles. The normalized spacial score (nSPS) is 11.4. The van der Waals surface area contributed by atoms with Gasteiger partial charge in [0.1, 0.15) is 18.2 Å². The first-order chi connectivity index (χ1) is 6.88. The molecule has 0 heterocycles. The van der Waals surface area contributed by atoms with E-state index in [9.17, 15) is 12.8 Å². The second-order valence-electron chi connectivity index (χ2n) is 3.39. The maximum Gasteiger partial charge on any atom is 0.150 e. The van der Waals surface area contributed by atoms with Crippen LogP contribution < -0.4 is 4.74 Å². The van der Waals surface area contributed by atoms with Gasteiger partial charge in [-0.2, -0.15) is 0 Å². The lowest BCUT2D eigenvalue weighted by Crippen LogP contribution is -2.12. The molecule has 84 valence electrons. The fourth-order valence-electron chi connectivity index (χ4n) is 1.02. The Labute approximate surface area is 88.8 Å². The molecule has 0 unspecified atom stereocenters. The Kier molecular flexibility index (Phi) is 3.68. The molecule has 3 nitrogen and oxygen atoms in total. The number of sulfone groups is 1. The molecule has 0 amide bonds. The van der Waals surface area contributed by atoms with Gasteiger partial charge >= 0.3 is 0 Å². The third-order valence-corrected chi connectivity index (χ3v) is 2.76. The van der Waals surface area contributed by atoms with E-state index < -0.39 is 9.84 Å². The van der Waals surface area contributed by atoms with Crippen molar-refractivity contribution < 1.29 is 17.5 Å². The van der Waals surface area contributed by atoms with Crippen LogP contribution in [-0.4, -0.2) is 27.0 Å². The maximum absolute atomic E-state index is 12.9. The van der Waals surface area contributed by atoms with Gasteiger partial charge in [0.15, 0.2) is 9.84 Å². The summed E-state index contributed by atoms with van der Waals surface area (Å²) in [6.07, 6.45) is 1.15. The third kappa shape index (κ3) is 4.29. The van der Waals surface area contributed by atoms with Crippen LogP contribution in [0.25, 0.3) is 0 Å². The van der Waals surface area contributed by atoms with Crippen molar-refractivity contribution >= 4 is 9.84 Å². The number of benzene rings is 1. The SMILES string of the molecule is Cc1cc(OCCS(C)(=O)=O)ccc1F. The van der Waals surface area contributed by atoms with Crippen molar-refractivity contribution in [2.75, 3.05) is 18.6 Å². The van der Waals surface area contributed by atoms with Crippen molar-refractivity contribution in [1.82, 2.24) is 0 Å². The molecule has 15 heavy (non-hydrogen) atoms. The Morgan fingerprint density at radius 3 is 2.60 bits per heavy atom. The molecule has 0 bridgehead atoms. The zero-order chi connectivity index (χ0) is 11.5. The average Bonchev–Trinajstić information content (AvgIpc) is 2.09. The molecule has 0 spiro atoms. The van der Waals surface area contributed by atoms with Gasteiger partial charge in [-0.15, -0.1) is 0 Å². The van der Waals surface area contributed by atoms with E-state index in [2.05, 4.69) is 0 Å². The lowest BCUT2D eigenvalue weighted by atomic mass is 10.2. The van der Waals surface area contributed by atoms with Crippen LogP contribution in [0.1, 0.15) is 5.56 Å². The summed E-state index contributed by atoms with van der Waals surface area (Å²) >= 11 is 0. The Bertz CT molecular complexity index is 440. The number of hydrogen-bond donors (Lipinski definition) is 0. The van der Waals surface area contributed by atoms with E-state index in [1.54, 1.807) is 6.92 Å². The molecular formula is C10H13FO3S. The highest BCUT2D eigenvalue weighted by Gasteiger charge is 2.03. The van der Waals surface area contributed by atoms with Gasteiger partial charge in [-0.1, -0.05) is 0 Å². The van der Waals surface area contributed by atoms with Crippen molar-refractivity contribution in [3.05, 3.63) is 29.6 Å². The highest BCUT2D eigenvalue weighted by molar-refractivity contribution is 7.90. The number of aryl methyl sites for hydroxylation is 1. The predicted octanol–water partition coefficient (Wildman–Crippen LogP) is 1.56. The minimum absolute atomic E-state index is 0.0383. The summed E-state index contributed by atoms with van der Waals surface area (Å²) in [6, 6.07) is 4.31. The molecular weight excluding hydrogens is 219 g/mol. The van der Waals surface area contributed by atoms with Gasteiger partial charge < -0.3 is 4.74 Å². The standard InChI is InChI=1S/C10H13FO3S/c1-8-7-9(3-4-10(8)11)14-5-6-15(2,12)13/h3-4,7H,5-6H2,1-2H3. The molecule has 0 atom stereocenters. The summed E-state index contributed by atoms with van der Waals surface area (Å²) in [7, 11) is -3.01. The van der Waals surface area contributed by atoms with Crippen LogP contribution in [0, 0.1) is 12.7 Å². The first-order valence-corrected chi connectivity index (χ1v) is 6.51. The van der Waals surface area contributed by atoms with E-state index >= 15 is 0 Å². The van der Waals surface area contributed by atoms with Crippen molar-refractivity contribution in [2.24, 2.45) is 0 Å². The molecule has 0 aliphatic rings. The summed E-state index contributed by atoms with van der Waals surface area (Å²) in [5, 5.41) is 0. The second kappa shape index (κ2) is 4.61. The van der Waals surface area contributed by atoms with Gasteiger partial charge in [-0.25, -0.2) is 12.8 Å². The van der Waals surface area contributed by atoms with Crippen LogP contribution >= 0.6 is 0 Å². The van der Waals surface area contributed by atoms with Crippen LogP contribution in [0.2, 0.25) is 0 Å². The first kappa shape index (κ1) is 12.0. The quantitative estimate of drug-likeness (QED) is 0.791. The lowest BCUT2D eigenvalue weighted by Gasteiger charge is -2.06. The number of rotatable bonds is 4. The van der Waals surface area contributed by atoms with Gasteiger partial charge in [0.2, 0.25) is 0 Å². The summed E-state index contributed by atoms with van der Waals surface area (Å²) < 4.78 is 39.6. The molecule has 0 saturated heterocycles. The Morgan fingerprint density at radius 1 is 1.40 bits per heavy atom. The number of ether oxygens (including phenoxy) is 1. The third-order valence-electron chi connectivity index (χ3n) is 1.85. The van der Waals surface area contributed by atoms with Crippen LogP contribution in [0.3, 0.4) is 0 Å². The first-order valence-electron chi connectivity index (χ1n) is 4.45. The predicted molar refractivity (Wildman–Crippen MR) is 56.3 cm³/mol. The maximum atomic E-state index is 12.9. The molecule has 1 aromatic rings.